The minimum Gasteiger partial charge on any atom is -0.508 e. The van der Waals surface area contributed by atoms with Crippen molar-refractivity contribution in [2.24, 2.45) is 11.8 Å². The third kappa shape index (κ3) is 8.26. The van der Waals surface area contributed by atoms with Gasteiger partial charge in [0.25, 0.3) is 0 Å². The van der Waals surface area contributed by atoms with Gasteiger partial charge in [-0.05, 0) is 82.7 Å². The molecule has 2 heterocycles. The van der Waals surface area contributed by atoms with E-state index in [4.69, 9.17) is 13.9 Å². The number of aldehydes is 1. The zero-order valence-corrected chi connectivity index (χ0v) is 29.3. The lowest BCUT2D eigenvalue weighted by Crippen LogP contribution is -2.47. The molecular weight excluding hydrogens is 640 g/mol. The number of carbonyl (C=O) groups excluding carboxylic acids is 2. The summed E-state index contributed by atoms with van der Waals surface area (Å²) < 4.78 is 17.8. The maximum atomic E-state index is 12.9. The largest absolute Gasteiger partial charge is 0.508 e. The van der Waals surface area contributed by atoms with Gasteiger partial charge in [-0.3, -0.25) is 4.79 Å². The number of hydrogen-bond acceptors (Lipinski definition) is 10. The molecule has 0 amide bonds. The lowest BCUT2D eigenvalue weighted by atomic mass is 9.76. The van der Waals surface area contributed by atoms with Crippen LogP contribution in [0.15, 0.2) is 75.5 Å². The number of carbonyl (C=O) groups is 2. The summed E-state index contributed by atoms with van der Waals surface area (Å²) in [6.45, 7) is 9.97. The van der Waals surface area contributed by atoms with Crippen LogP contribution in [-0.2, 0) is 16.0 Å². The number of ketones is 1. The number of phenolic OH excluding ortho intramolecular Hbond substituents is 1. The molecule has 10 nitrogen and oxygen atoms in total. The number of benzene rings is 2. The van der Waals surface area contributed by atoms with Crippen molar-refractivity contribution in [1.29, 1.82) is 0 Å². The Kier molecular flexibility index (Phi) is 12.3. The fraction of sp³-hybridized carbons (Fsp3) is 0.375. The van der Waals surface area contributed by atoms with E-state index in [0.29, 0.717) is 40.7 Å². The van der Waals surface area contributed by atoms with Gasteiger partial charge >= 0.3 is 5.63 Å². The molecule has 4 atom stereocenters. The highest BCUT2D eigenvalue weighted by Crippen LogP contribution is 2.49. The number of unbranched alkanes of at least 4 members (excludes halogenated alkanes) is 1. The van der Waals surface area contributed by atoms with E-state index in [1.807, 2.05) is 52.0 Å². The number of aliphatic hydroxyl groups is 2. The number of phenols is 1. The van der Waals surface area contributed by atoms with Gasteiger partial charge in [0.2, 0.25) is 0 Å². The predicted molar refractivity (Wildman–Crippen MR) is 193 cm³/mol. The molecule has 2 aliphatic rings. The van der Waals surface area contributed by atoms with Crippen LogP contribution in [0.3, 0.4) is 0 Å². The first-order valence-corrected chi connectivity index (χ1v) is 16.7. The number of methoxy groups -OCH3 is 1. The van der Waals surface area contributed by atoms with Gasteiger partial charge in [0.15, 0.2) is 11.4 Å². The predicted octanol–water partition coefficient (Wildman–Crippen LogP) is 6.60. The molecular formula is C40H46O10. The maximum absolute atomic E-state index is 12.9. The smallest absolute Gasteiger partial charge is 0.348 e. The van der Waals surface area contributed by atoms with Gasteiger partial charge in [0.05, 0.1) is 24.7 Å². The molecule has 4 unspecified atom stereocenters. The molecule has 4 N–H and O–H groups in total. The molecule has 3 aromatic rings. The molecule has 266 valence electrons. The summed E-state index contributed by atoms with van der Waals surface area (Å²) in [5.41, 5.74) is 1.85. The molecule has 1 fully saturated rings. The Morgan fingerprint density at radius 2 is 1.78 bits per heavy atom. The van der Waals surface area contributed by atoms with E-state index in [0.717, 1.165) is 24.0 Å². The summed E-state index contributed by atoms with van der Waals surface area (Å²) in [6.07, 6.45) is 14.0. The van der Waals surface area contributed by atoms with Gasteiger partial charge in [-0.1, -0.05) is 61.4 Å². The molecule has 10 heteroatoms. The second-order valence-corrected chi connectivity index (χ2v) is 13.2. The number of hydrogen-bond donors (Lipinski definition) is 4. The second-order valence-electron chi connectivity index (χ2n) is 13.2. The topological polar surface area (TPSA) is 164 Å². The van der Waals surface area contributed by atoms with Crippen molar-refractivity contribution in [3.05, 3.63) is 87.8 Å². The zero-order valence-electron chi connectivity index (χ0n) is 29.3. The van der Waals surface area contributed by atoms with E-state index in [9.17, 15) is 34.8 Å². The normalized spacial score (nSPS) is 21.0. The Bertz CT molecular complexity index is 1890. The summed E-state index contributed by atoms with van der Waals surface area (Å²) in [5, 5.41) is 40.1. The number of Topliss-reactive ketones (excluding diaryl/α,β-unsaturated/α-hetero) is 1. The van der Waals surface area contributed by atoms with Gasteiger partial charge in [-0.15, -0.1) is 0 Å². The van der Waals surface area contributed by atoms with Crippen LogP contribution in [0, 0.1) is 11.8 Å². The van der Waals surface area contributed by atoms with Crippen molar-refractivity contribution in [2.75, 3.05) is 7.11 Å². The molecule has 1 saturated carbocycles. The third-order valence-corrected chi connectivity index (χ3v) is 8.62. The third-order valence-electron chi connectivity index (χ3n) is 8.62. The SMILES string of the molecule is CCCC=CC=CC1CC(O)C(O)C(=O)C1C=O.COc1c(CC=C(C)C)c2c(c3oc(=O)c(-c4ccc(O)cc4)c(O)c13)C=CC(C)(C)O2. The molecule has 1 aliphatic heterocycles. The van der Waals surface area contributed by atoms with Crippen molar-refractivity contribution in [2.45, 2.75) is 78.1 Å². The summed E-state index contributed by atoms with van der Waals surface area (Å²) in [5.74, 6) is -0.991. The van der Waals surface area contributed by atoms with Crippen LogP contribution in [0.1, 0.15) is 65.0 Å². The van der Waals surface area contributed by atoms with Crippen LogP contribution in [0.2, 0.25) is 0 Å². The number of rotatable bonds is 9. The lowest BCUT2D eigenvalue weighted by molar-refractivity contribution is -0.146. The minimum atomic E-state index is -1.43. The number of allylic oxidation sites excluding steroid dienone is 6. The molecule has 0 bridgehead atoms. The van der Waals surface area contributed by atoms with E-state index in [1.165, 1.54) is 19.2 Å². The monoisotopic (exact) mass is 686 g/mol. The molecule has 5 rings (SSSR count). The Morgan fingerprint density at radius 3 is 2.40 bits per heavy atom. The van der Waals surface area contributed by atoms with Gasteiger partial charge in [-0.25, -0.2) is 4.79 Å². The van der Waals surface area contributed by atoms with Crippen LogP contribution in [0.25, 0.3) is 28.2 Å². The Labute approximate surface area is 291 Å². The van der Waals surface area contributed by atoms with Crippen LogP contribution in [0.4, 0.5) is 0 Å². The quantitative estimate of drug-likeness (QED) is 0.0634. The van der Waals surface area contributed by atoms with Crippen LogP contribution in [-0.4, -0.2) is 57.4 Å². The highest BCUT2D eigenvalue weighted by atomic mass is 16.5. The van der Waals surface area contributed by atoms with Gasteiger partial charge in [-0.2, -0.15) is 0 Å². The van der Waals surface area contributed by atoms with E-state index < -0.39 is 35.1 Å². The molecule has 0 saturated heterocycles. The van der Waals surface area contributed by atoms with Crippen molar-refractivity contribution in [3.8, 4) is 34.1 Å². The standard InChI is InChI=1S/C26H26O6.C14H20O4/c1-14(2)6-11-17-22-18(12-13-26(3,4)32-22)24-20(23(17)30-5)21(28)19(25(29)31-24)15-7-9-16(27)10-8-15;1-2-3-4-5-6-7-10-8-12(16)14(18)13(17)11(10)9-15/h6-10,12-13,27-28H,11H2,1-5H3;4-7,9-12,14,16,18H,2-3,8H2,1H3. The first-order valence-electron chi connectivity index (χ1n) is 16.7. The zero-order chi connectivity index (χ0) is 36.7. The Hall–Kier alpha value is -4.93. The van der Waals surface area contributed by atoms with E-state index in [1.54, 1.807) is 24.3 Å². The number of aliphatic hydroxyl groups excluding tert-OH is 2. The molecule has 50 heavy (non-hydrogen) atoms. The highest BCUT2D eigenvalue weighted by molar-refractivity contribution is 6.02. The molecule has 1 aliphatic carbocycles. The van der Waals surface area contributed by atoms with Crippen molar-refractivity contribution >= 4 is 29.1 Å². The summed E-state index contributed by atoms with van der Waals surface area (Å²) >= 11 is 0. The molecule has 0 spiro atoms. The minimum absolute atomic E-state index is 0.00458. The molecule has 2 aromatic carbocycles. The van der Waals surface area contributed by atoms with E-state index >= 15 is 0 Å². The first kappa shape index (κ1) is 37.9. The van der Waals surface area contributed by atoms with Crippen LogP contribution >= 0.6 is 0 Å². The average Bonchev–Trinajstić information content (AvgIpc) is 3.06. The fourth-order valence-electron chi connectivity index (χ4n) is 5.96. The summed E-state index contributed by atoms with van der Waals surface area (Å²) in [6, 6.07) is 5.99. The maximum Gasteiger partial charge on any atom is 0.348 e. The van der Waals surface area contributed by atoms with Crippen LogP contribution < -0.4 is 15.1 Å². The van der Waals surface area contributed by atoms with Crippen molar-refractivity contribution in [3.63, 3.8) is 0 Å². The molecule has 0 radical (unpaired) electrons. The first-order chi connectivity index (χ1) is 23.7. The van der Waals surface area contributed by atoms with E-state index in [2.05, 4.69) is 13.0 Å². The van der Waals surface area contributed by atoms with Gasteiger partial charge in [0, 0.05) is 5.56 Å². The number of ether oxygens (including phenoxy) is 2. The lowest BCUT2D eigenvalue weighted by Gasteiger charge is -2.31. The summed E-state index contributed by atoms with van der Waals surface area (Å²) in [4.78, 5) is 35.5. The number of aromatic hydroxyl groups is 2. The average molecular weight is 687 g/mol. The second kappa shape index (κ2) is 16.2. The van der Waals surface area contributed by atoms with Crippen LogP contribution in [0.5, 0.6) is 23.0 Å². The van der Waals surface area contributed by atoms with Crippen molar-refractivity contribution < 1.29 is 43.9 Å². The summed E-state index contributed by atoms with van der Waals surface area (Å²) in [7, 11) is 1.52. The van der Waals surface area contributed by atoms with Gasteiger partial charge < -0.3 is 39.1 Å². The van der Waals surface area contributed by atoms with E-state index in [-0.39, 0.29) is 35.0 Å². The fourth-order valence-corrected chi connectivity index (χ4v) is 5.96. The highest BCUT2D eigenvalue weighted by Gasteiger charge is 2.41. The van der Waals surface area contributed by atoms with Gasteiger partial charge in [0.1, 0.15) is 51.9 Å². The molecule has 1 aromatic heterocycles. The Morgan fingerprint density at radius 1 is 1.08 bits per heavy atom. The number of fused-ring (bicyclic) bond motifs is 3. The Balaban J connectivity index is 0.000000266. The van der Waals surface area contributed by atoms with Crippen molar-refractivity contribution in [1.82, 2.24) is 0 Å².